The van der Waals surface area contributed by atoms with Crippen LogP contribution in [0.5, 0.6) is 0 Å². The number of rotatable bonds is 4. The van der Waals surface area contributed by atoms with Crippen molar-refractivity contribution < 1.29 is 18.7 Å². The van der Waals surface area contributed by atoms with E-state index < -0.39 is 18.3 Å². The molecule has 1 fully saturated rings. The number of pyridine rings is 1. The van der Waals surface area contributed by atoms with Crippen molar-refractivity contribution in [1.29, 1.82) is 0 Å². The van der Waals surface area contributed by atoms with Crippen molar-refractivity contribution in [1.82, 2.24) is 4.98 Å². The Labute approximate surface area is 107 Å². The third kappa shape index (κ3) is 2.69. The number of hydrogen-bond acceptors (Lipinski definition) is 3. The van der Waals surface area contributed by atoms with E-state index in [0.717, 1.165) is 6.20 Å². The summed E-state index contributed by atoms with van der Waals surface area (Å²) in [5, 5.41) is 12.0. The van der Waals surface area contributed by atoms with E-state index in [1.807, 2.05) is 0 Å². The van der Waals surface area contributed by atoms with E-state index in [0.29, 0.717) is 18.5 Å². The largest absolute Gasteiger partial charge is 0.478 e. The summed E-state index contributed by atoms with van der Waals surface area (Å²) in [6, 6.07) is 1.25. The summed E-state index contributed by atoms with van der Waals surface area (Å²) in [6.45, 7) is 0. The van der Waals surface area contributed by atoms with Gasteiger partial charge in [-0.3, -0.25) is 0 Å². The molecular formula is C11H11ClF2N2O2. The number of alkyl halides is 2. The number of carboxylic acids is 1. The zero-order chi connectivity index (χ0) is 13.3. The van der Waals surface area contributed by atoms with Crippen LogP contribution in [0.2, 0.25) is 5.15 Å². The average molecular weight is 277 g/mol. The van der Waals surface area contributed by atoms with E-state index in [2.05, 4.69) is 10.3 Å². The van der Waals surface area contributed by atoms with Crippen LogP contribution in [0.4, 0.5) is 14.5 Å². The molecule has 1 saturated carbocycles. The monoisotopic (exact) mass is 276 g/mol. The number of aromatic carboxylic acids is 1. The first kappa shape index (κ1) is 13.0. The second-order valence-electron chi connectivity index (χ2n) is 4.26. The van der Waals surface area contributed by atoms with Gasteiger partial charge in [-0.15, -0.1) is 0 Å². The van der Waals surface area contributed by atoms with E-state index in [1.54, 1.807) is 0 Å². The summed E-state index contributed by atoms with van der Waals surface area (Å²) in [7, 11) is 0. The maximum atomic E-state index is 12.3. The molecule has 0 atom stereocenters. The van der Waals surface area contributed by atoms with Gasteiger partial charge in [-0.1, -0.05) is 11.6 Å². The van der Waals surface area contributed by atoms with Gasteiger partial charge in [0.2, 0.25) is 6.43 Å². The van der Waals surface area contributed by atoms with E-state index in [1.165, 1.54) is 6.07 Å². The summed E-state index contributed by atoms with van der Waals surface area (Å²) in [4.78, 5) is 14.6. The maximum Gasteiger partial charge on any atom is 0.339 e. The van der Waals surface area contributed by atoms with Crippen LogP contribution in [-0.4, -0.2) is 28.5 Å². The molecule has 0 aliphatic heterocycles. The van der Waals surface area contributed by atoms with Crippen LogP contribution in [-0.2, 0) is 0 Å². The summed E-state index contributed by atoms with van der Waals surface area (Å²) in [6.07, 6.45) is -0.508. The quantitative estimate of drug-likeness (QED) is 0.830. The molecule has 0 unspecified atom stereocenters. The fourth-order valence-corrected chi connectivity index (χ4v) is 2.08. The Kier molecular flexibility index (Phi) is 3.65. The lowest BCUT2D eigenvalue weighted by molar-refractivity contribution is 0.0280. The summed E-state index contributed by atoms with van der Waals surface area (Å²) in [5.74, 6) is -1.74. The Morgan fingerprint density at radius 3 is 2.78 bits per heavy atom. The van der Waals surface area contributed by atoms with E-state index in [4.69, 9.17) is 16.7 Å². The average Bonchev–Trinajstić information content (AvgIpc) is 2.21. The molecular weight excluding hydrogens is 266 g/mol. The number of hydrogen-bond donors (Lipinski definition) is 2. The molecule has 4 nitrogen and oxygen atoms in total. The molecule has 0 radical (unpaired) electrons. The maximum absolute atomic E-state index is 12.3. The molecule has 1 aromatic rings. The first-order valence-electron chi connectivity index (χ1n) is 5.41. The molecule has 1 heterocycles. The van der Waals surface area contributed by atoms with Crippen molar-refractivity contribution in [3.05, 3.63) is 23.0 Å². The molecule has 0 spiro atoms. The van der Waals surface area contributed by atoms with Gasteiger partial charge in [-0.2, -0.15) is 0 Å². The van der Waals surface area contributed by atoms with Crippen molar-refractivity contribution in [3.63, 3.8) is 0 Å². The van der Waals surface area contributed by atoms with Crippen LogP contribution < -0.4 is 5.32 Å². The Bertz CT molecular complexity index is 464. The highest BCUT2D eigenvalue weighted by Crippen LogP contribution is 2.35. The van der Waals surface area contributed by atoms with Crippen molar-refractivity contribution >= 4 is 23.3 Å². The van der Waals surface area contributed by atoms with E-state index >= 15 is 0 Å². The van der Waals surface area contributed by atoms with Crippen LogP contribution in [0.3, 0.4) is 0 Å². The third-order valence-corrected chi connectivity index (χ3v) is 3.20. The van der Waals surface area contributed by atoms with Gasteiger partial charge in [0, 0.05) is 18.2 Å². The zero-order valence-corrected chi connectivity index (χ0v) is 9.99. The fourth-order valence-electron chi connectivity index (χ4n) is 1.93. The highest BCUT2D eigenvalue weighted by atomic mass is 35.5. The topological polar surface area (TPSA) is 62.2 Å². The van der Waals surface area contributed by atoms with Gasteiger partial charge in [-0.25, -0.2) is 18.6 Å². The smallest absolute Gasteiger partial charge is 0.339 e. The van der Waals surface area contributed by atoms with Gasteiger partial charge in [0.15, 0.2) is 0 Å². The highest BCUT2D eigenvalue weighted by Gasteiger charge is 2.35. The molecule has 18 heavy (non-hydrogen) atoms. The van der Waals surface area contributed by atoms with Crippen LogP contribution in [0.25, 0.3) is 0 Å². The molecule has 7 heteroatoms. The lowest BCUT2D eigenvalue weighted by Gasteiger charge is -2.36. The standard InChI is InChI=1S/C11H11ClF2N2O2/c12-9-3-8(7(4-15-9)11(17)18)16-6-1-5(2-6)10(13)14/h3-6,10H,1-2H2,(H,15,16)(H,17,18). The second-order valence-corrected chi connectivity index (χ2v) is 4.65. The summed E-state index contributed by atoms with van der Waals surface area (Å²) in [5.41, 5.74) is 0.306. The number of carbonyl (C=O) groups is 1. The second kappa shape index (κ2) is 5.06. The van der Waals surface area contributed by atoms with Crippen LogP contribution >= 0.6 is 11.6 Å². The Hall–Kier alpha value is -1.43. The molecule has 0 bridgehead atoms. The van der Waals surface area contributed by atoms with E-state index in [-0.39, 0.29) is 16.8 Å². The Morgan fingerprint density at radius 1 is 1.56 bits per heavy atom. The number of anilines is 1. The minimum absolute atomic E-state index is 0.0140. The van der Waals surface area contributed by atoms with E-state index in [9.17, 15) is 13.6 Å². The molecule has 0 saturated heterocycles. The minimum atomic E-state index is -2.32. The van der Waals surface area contributed by atoms with Crippen molar-refractivity contribution in [2.24, 2.45) is 5.92 Å². The highest BCUT2D eigenvalue weighted by molar-refractivity contribution is 6.29. The molecule has 0 aromatic carbocycles. The number of nitrogens with one attached hydrogen (secondary N) is 1. The normalized spacial score (nSPS) is 22.7. The Balaban J connectivity index is 2.06. The van der Waals surface area contributed by atoms with Gasteiger partial charge in [0.05, 0.1) is 5.69 Å². The molecule has 2 rings (SSSR count). The van der Waals surface area contributed by atoms with Crippen LogP contribution in [0.1, 0.15) is 23.2 Å². The molecule has 0 amide bonds. The molecule has 98 valence electrons. The summed E-state index contributed by atoms with van der Waals surface area (Å²) >= 11 is 5.68. The fraction of sp³-hybridized carbons (Fsp3) is 0.455. The number of nitrogens with zero attached hydrogens (tertiary/aromatic N) is 1. The third-order valence-electron chi connectivity index (χ3n) is 2.99. The van der Waals surface area contributed by atoms with Gasteiger partial charge in [0.25, 0.3) is 0 Å². The number of carboxylic acid groups (broad SMARTS) is 1. The molecule has 1 aliphatic rings. The van der Waals surface area contributed by atoms with Crippen LogP contribution in [0, 0.1) is 5.92 Å². The summed E-state index contributed by atoms with van der Waals surface area (Å²) < 4.78 is 24.6. The van der Waals surface area contributed by atoms with Gasteiger partial charge < -0.3 is 10.4 Å². The molecule has 2 N–H and O–H groups in total. The minimum Gasteiger partial charge on any atom is -0.478 e. The molecule has 1 aliphatic carbocycles. The predicted octanol–water partition coefficient (Wildman–Crippen LogP) is 2.89. The SMILES string of the molecule is O=C(O)c1cnc(Cl)cc1NC1CC(C(F)F)C1. The first-order valence-corrected chi connectivity index (χ1v) is 5.78. The lowest BCUT2D eigenvalue weighted by Crippen LogP contribution is -2.39. The van der Waals surface area contributed by atoms with Gasteiger partial charge in [0.1, 0.15) is 10.7 Å². The van der Waals surface area contributed by atoms with Crippen molar-refractivity contribution in [2.45, 2.75) is 25.3 Å². The van der Waals surface area contributed by atoms with Gasteiger partial charge in [-0.05, 0) is 18.9 Å². The zero-order valence-electron chi connectivity index (χ0n) is 9.24. The van der Waals surface area contributed by atoms with Crippen LogP contribution in [0.15, 0.2) is 12.3 Å². The lowest BCUT2D eigenvalue weighted by atomic mass is 9.80. The molecule has 1 aromatic heterocycles. The number of aromatic nitrogens is 1. The van der Waals surface area contributed by atoms with Crippen molar-refractivity contribution in [3.8, 4) is 0 Å². The predicted molar refractivity (Wildman–Crippen MR) is 62.3 cm³/mol. The Morgan fingerprint density at radius 2 is 2.22 bits per heavy atom. The van der Waals surface area contributed by atoms with Crippen molar-refractivity contribution in [2.75, 3.05) is 5.32 Å². The number of halogens is 3. The first-order chi connectivity index (χ1) is 8.47. The van der Waals surface area contributed by atoms with Gasteiger partial charge >= 0.3 is 5.97 Å².